The predicted octanol–water partition coefficient (Wildman–Crippen LogP) is 4.24. The van der Waals surface area contributed by atoms with Gasteiger partial charge < -0.3 is 4.74 Å². The smallest absolute Gasteiger partial charge is 0.216 e. The van der Waals surface area contributed by atoms with Crippen LogP contribution in [-0.2, 0) is 10.0 Å². The molecule has 0 atom stereocenters. The number of hydrogen-bond donors (Lipinski definition) is 0. The Balaban J connectivity index is 1.39. The molecule has 5 rings (SSSR count). The van der Waals surface area contributed by atoms with Gasteiger partial charge in [-0.1, -0.05) is 30.3 Å². The lowest BCUT2D eigenvalue weighted by atomic mass is 10.0. The van der Waals surface area contributed by atoms with Gasteiger partial charge >= 0.3 is 0 Å². The second-order valence-corrected chi connectivity index (χ2v) is 10.1. The van der Waals surface area contributed by atoms with E-state index < -0.39 is 10.0 Å². The number of fused-ring (bicyclic) bond motifs is 1. The summed E-state index contributed by atoms with van der Waals surface area (Å²) in [6.07, 6.45) is 6.68. The number of pyridine rings is 1. The maximum absolute atomic E-state index is 12.5. The van der Waals surface area contributed by atoms with Gasteiger partial charge in [-0.15, -0.1) is 0 Å². The van der Waals surface area contributed by atoms with E-state index in [0.717, 1.165) is 40.5 Å². The van der Waals surface area contributed by atoms with Crippen molar-refractivity contribution < 1.29 is 13.2 Å². The lowest BCUT2D eigenvalue weighted by molar-refractivity contribution is 0.137. The van der Waals surface area contributed by atoms with E-state index in [9.17, 15) is 8.42 Å². The Labute approximate surface area is 171 Å². The van der Waals surface area contributed by atoms with Crippen molar-refractivity contribution >= 4 is 20.8 Å². The Morgan fingerprint density at radius 3 is 2.41 bits per heavy atom. The summed E-state index contributed by atoms with van der Waals surface area (Å²) < 4.78 is 33.0. The summed E-state index contributed by atoms with van der Waals surface area (Å²) in [4.78, 5) is 4.27. The molecule has 3 aromatic rings. The first-order valence-electron chi connectivity index (χ1n) is 10.2. The molecule has 5 nitrogen and oxygen atoms in total. The third-order valence-electron chi connectivity index (χ3n) is 5.83. The third kappa shape index (κ3) is 3.74. The zero-order chi connectivity index (χ0) is 19.8. The topological polar surface area (TPSA) is 59.5 Å². The molecule has 29 heavy (non-hydrogen) atoms. The van der Waals surface area contributed by atoms with Crippen LogP contribution in [0.1, 0.15) is 25.7 Å². The molecule has 1 saturated carbocycles. The van der Waals surface area contributed by atoms with E-state index >= 15 is 0 Å². The SMILES string of the molecule is O=S(=O)(C1CC1)N1CCC(Oc2cc(-c3ccccc3)cc3ccncc23)CC1. The van der Waals surface area contributed by atoms with Gasteiger partial charge in [-0.25, -0.2) is 12.7 Å². The van der Waals surface area contributed by atoms with Gasteiger partial charge in [0.25, 0.3) is 0 Å². The van der Waals surface area contributed by atoms with Crippen molar-refractivity contribution in [2.45, 2.75) is 37.0 Å². The molecular formula is C23H24N2O3S. The summed E-state index contributed by atoms with van der Waals surface area (Å²) in [5, 5.41) is 1.93. The van der Waals surface area contributed by atoms with Crippen molar-refractivity contribution in [1.82, 2.24) is 9.29 Å². The first-order valence-corrected chi connectivity index (χ1v) is 11.7. The molecule has 0 spiro atoms. The largest absolute Gasteiger partial charge is 0.490 e. The maximum Gasteiger partial charge on any atom is 0.216 e. The van der Waals surface area contributed by atoms with Crippen molar-refractivity contribution in [3.63, 3.8) is 0 Å². The summed E-state index contributed by atoms with van der Waals surface area (Å²) in [7, 11) is -3.09. The van der Waals surface area contributed by atoms with Crippen LogP contribution < -0.4 is 4.74 Å². The summed E-state index contributed by atoms with van der Waals surface area (Å²) in [5.74, 6) is 0.818. The molecular weight excluding hydrogens is 384 g/mol. The highest BCUT2D eigenvalue weighted by Gasteiger charge is 2.41. The average molecular weight is 409 g/mol. The first kappa shape index (κ1) is 18.6. The fourth-order valence-electron chi connectivity index (χ4n) is 4.02. The minimum atomic E-state index is -3.09. The summed E-state index contributed by atoms with van der Waals surface area (Å²) in [5.41, 5.74) is 2.24. The quantitative estimate of drug-likeness (QED) is 0.634. The van der Waals surface area contributed by atoms with E-state index in [4.69, 9.17) is 4.74 Å². The van der Waals surface area contributed by atoms with E-state index in [1.807, 2.05) is 30.5 Å². The molecule has 150 valence electrons. The van der Waals surface area contributed by atoms with E-state index in [1.54, 1.807) is 10.5 Å². The molecule has 2 aromatic carbocycles. The lowest BCUT2D eigenvalue weighted by Gasteiger charge is -2.31. The van der Waals surface area contributed by atoms with Crippen LogP contribution >= 0.6 is 0 Å². The van der Waals surface area contributed by atoms with Gasteiger partial charge in [0.1, 0.15) is 11.9 Å². The van der Waals surface area contributed by atoms with E-state index in [1.165, 1.54) is 0 Å². The molecule has 0 unspecified atom stereocenters. The van der Waals surface area contributed by atoms with Gasteiger partial charge in [0, 0.05) is 30.9 Å². The van der Waals surface area contributed by atoms with Gasteiger partial charge in [-0.2, -0.15) is 0 Å². The molecule has 1 aromatic heterocycles. The molecule has 2 fully saturated rings. The van der Waals surface area contributed by atoms with Crippen LogP contribution in [0.25, 0.3) is 21.9 Å². The maximum atomic E-state index is 12.5. The Hall–Kier alpha value is -2.44. The number of rotatable bonds is 5. The zero-order valence-corrected chi connectivity index (χ0v) is 17.0. The van der Waals surface area contributed by atoms with Crippen LogP contribution in [0.5, 0.6) is 5.75 Å². The van der Waals surface area contributed by atoms with Crippen molar-refractivity contribution in [3.05, 3.63) is 60.9 Å². The minimum Gasteiger partial charge on any atom is -0.490 e. The lowest BCUT2D eigenvalue weighted by Crippen LogP contribution is -2.43. The minimum absolute atomic E-state index is 0.00934. The molecule has 1 aliphatic heterocycles. The van der Waals surface area contributed by atoms with E-state index in [0.29, 0.717) is 25.9 Å². The van der Waals surface area contributed by atoms with Crippen LogP contribution in [0.15, 0.2) is 60.9 Å². The van der Waals surface area contributed by atoms with Gasteiger partial charge in [-0.3, -0.25) is 4.98 Å². The molecule has 2 heterocycles. The summed E-state index contributed by atoms with van der Waals surface area (Å²) in [6, 6.07) is 16.5. The predicted molar refractivity (Wildman–Crippen MR) is 114 cm³/mol. The molecule has 6 heteroatoms. The highest BCUT2D eigenvalue weighted by atomic mass is 32.2. The molecule has 1 saturated heterocycles. The fraction of sp³-hybridized carbons (Fsp3) is 0.348. The van der Waals surface area contributed by atoms with Gasteiger partial charge in [0.2, 0.25) is 10.0 Å². The zero-order valence-electron chi connectivity index (χ0n) is 16.2. The van der Waals surface area contributed by atoms with Gasteiger partial charge in [0.15, 0.2) is 0 Å². The first-order chi connectivity index (χ1) is 14.1. The van der Waals surface area contributed by atoms with Crippen LogP contribution in [0.2, 0.25) is 0 Å². The molecule has 0 bridgehead atoms. The number of aromatic nitrogens is 1. The molecule has 1 aliphatic carbocycles. The third-order valence-corrected chi connectivity index (χ3v) is 8.22. The Morgan fingerprint density at radius 1 is 0.931 bits per heavy atom. The number of piperidine rings is 1. The van der Waals surface area contributed by atoms with Crippen molar-refractivity contribution in [1.29, 1.82) is 0 Å². The highest BCUT2D eigenvalue weighted by molar-refractivity contribution is 7.90. The number of ether oxygens (including phenoxy) is 1. The number of sulfonamides is 1. The average Bonchev–Trinajstić information content (AvgIpc) is 3.61. The Kier molecular flexibility index (Phi) is 4.76. The monoisotopic (exact) mass is 408 g/mol. The molecule has 0 amide bonds. The number of benzene rings is 2. The summed E-state index contributed by atoms with van der Waals surface area (Å²) >= 11 is 0. The van der Waals surface area contributed by atoms with Crippen LogP contribution in [0, 0.1) is 0 Å². The number of hydrogen-bond acceptors (Lipinski definition) is 4. The Bertz CT molecular complexity index is 1120. The van der Waals surface area contributed by atoms with Crippen molar-refractivity contribution in [2.24, 2.45) is 0 Å². The highest BCUT2D eigenvalue weighted by Crippen LogP contribution is 2.35. The normalized spacial score (nSPS) is 18.8. The van der Waals surface area contributed by atoms with Crippen LogP contribution in [0.3, 0.4) is 0 Å². The van der Waals surface area contributed by atoms with E-state index in [-0.39, 0.29) is 11.4 Å². The standard InChI is InChI=1S/C23H24N2O3S/c26-29(27,21-6-7-21)25-12-9-20(10-13-25)28-23-15-19(17-4-2-1-3-5-17)14-18-8-11-24-16-22(18)23/h1-5,8,11,14-16,20-21H,6-7,9-10,12-13H2. The fourth-order valence-corrected chi connectivity index (χ4v) is 5.89. The van der Waals surface area contributed by atoms with Gasteiger partial charge in [0.05, 0.1) is 5.25 Å². The van der Waals surface area contributed by atoms with Crippen LogP contribution in [-0.4, -0.2) is 42.2 Å². The molecule has 0 radical (unpaired) electrons. The van der Waals surface area contributed by atoms with E-state index in [2.05, 4.69) is 29.2 Å². The summed E-state index contributed by atoms with van der Waals surface area (Å²) in [6.45, 7) is 1.08. The van der Waals surface area contributed by atoms with Crippen molar-refractivity contribution in [3.8, 4) is 16.9 Å². The number of nitrogens with zero attached hydrogens (tertiary/aromatic N) is 2. The molecule has 0 N–H and O–H groups in total. The Morgan fingerprint density at radius 2 is 1.69 bits per heavy atom. The molecule has 2 aliphatic rings. The van der Waals surface area contributed by atoms with Crippen molar-refractivity contribution in [2.75, 3.05) is 13.1 Å². The van der Waals surface area contributed by atoms with Gasteiger partial charge in [-0.05, 0) is 60.4 Å². The second kappa shape index (κ2) is 7.43. The second-order valence-electron chi connectivity index (χ2n) is 7.90. The van der Waals surface area contributed by atoms with Crippen LogP contribution in [0.4, 0.5) is 0 Å².